The van der Waals surface area contributed by atoms with Gasteiger partial charge in [0.15, 0.2) is 6.10 Å². The lowest BCUT2D eigenvalue weighted by Gasteiger charge is -2.40. The van der Waals surface area contributed by atoms with Gasteiger partial charge in [0.2, 0.25) is 5.78 Å². The summed E-state index contributed by atoms with van der Waals surface area (Å²) in [4.78, 5) is 25.3. The van der Waals surface area contributed by atoms with E-state index in [-0.39, 0.29) is 5.78 Å². The Balaban J connectivity index is 1.90. The highest BCUT2D eigenvalue weighted by molar-refractivity contribution is 9.10. The number of carbonyl (C=O) groups excluding carboxylic acids is 2. The number of ether oxygens (including phenoxy) is 2. The Labute approximate surface area is 173 Å². The van der Waals surface area contributed by atoms with E-state index in [1.54, 1.807) is 26.0 Å². The minimum atomic E-state index is -0.729. The SMILES string of the molecule is CC1=C(OC(C)C(=O)c2ccc(Br)cc2)C(C)(C)C(c2ccccc2)OC1=O. The van der Waals surface area contributed by atoms with Crippen molar-refractivity contribution in [3.63, 3.8) is 0 Å². The van der Waals surface area contributed by atoms with Gasteiger partial charge < -0.3 is 9.47 Å². The summed E-state index contributed by atoms with van der Waals surface area (Å²) in [6.45, 7) is 7.31. The summed E-state index contributed by atoms with van der Waals surface area (Å²) in [6, 6.07) is 16.7. The van der Waals surface area contributed by atoms with E-state index in [4.69, 9.17) is 9.47 Å². The van der Waals surface area contributed by atoms with E-state index >= 15 is 0 Å². The first-order chi connectivity index (χ1) is 13.2. The first kappa shape index (κ1) is 20.3. The molecule has 1 aliphatic heterocycles. The topological polar surface area (TPSA) is 52.6 Å². The van der Waals surface area contributed by atoms with Crippen LogP contribution in [0.1, 0.15) is 49.7 Å². The maximum absolute atomic E-state index is 12.8. The molecule has 1 aliphatic rings. The normalized spacial score (nSPS) is 19.8. The van der Waals surface area contributed by atoms with Crippen molar-refractivity contribution in [3.8, 4) is 0 Å². The van der Waals surface area contributed by atoms with E-state index < -0.39 is 23.6 Å². The molecule has 28 heavy (non-hydrogen) atoms. The average molecular weight is 443 g/mol. The molecule has 3 rings (SSSR count). The van der Waals surface area contributed by atoms with Crippen molar-refractivity contribution < 1.29 is 19.1 Å². The molecule has 0 spiro atoms. The van der Waals surface area contributed by atoms with E-state index in [0.29, 0.717) is 16.9 Å². The highest BCUT2D eigenvalue weighted by Crippen LogP contribution is 2.48. The van der Waals surface area contributed by atoms with Crippen molar-refractivity contribution >= 4 is 27.7 Å². The molecular formula is C23H23BrO4. The molecular weight excluding hydrogens is 420 g/mol. The van der Waals surface area contributed by atoms with E-state index in [1.165, 1.54) is 0 Å². The fourth-order valence-corrected chi connectivity index (χ4v) is 3.73. The van der Waals surface area contributed by atoms with Crippen molar-refractivity contribution in [2.45, 2.75) is 39.9 Å². The lowest BCUT2D eigenvalue weighted by Crippen LogP contribution is -2.38. The van der Waals surface area contributed by atoms with Crippen LogP contribution >= 0.6 is 15.9 Å². The molecule has 0 aliphatic carbocycles. The summed E-state index contributed by atoms with van der Waals surface area (Å²) in [5, 5.41) is 0. The van der Waals surface area contributed by atoms with Crippen LogP contribution in [0, 0.1) is 5.41 Å². The van der Waals surface area contributed by atoms with Crippen molar-refractivity contribution in [3.05, 3.63) is 81.5 Å². The van der Waals surface area contributed by atoms with Crippen LogP contribution in [-0.4, -0.2) is 17.9 Å². The van der Waals surface area contributed by atoms with Crippen molar-refractivity contribution in [2.75, 3.05) is 0 Å². The monoisotopic (exact) mass is 442 g/mol. The molecule has 2 aromatic carbocycles. The summed E-state index contributed by atoms with van der Waals surface area (Å²) in [5.74, 6) is -0.0687. The summed E-state index contributed by atoms with van der Waals surface area (Å²) < 4.78 is 12.7. The molecule has 0 saturated heterocycles. The molecule has 0 saturated carbocycles. The van der Waals surface area contributed by atoms with Crippen LogP contribution < -0.4 is 0 Å². The number of Topliss-reactive ketones (excluding diaryl/α,β-unsaturated/α-hetero) is 1. The van der Waals surface area contributed by atoms with E-state index in [1.807, 2.05) is 56.3 Å². The number of cyclic esters (lactones) is 1. The van der Waals surface area contributed by atoms with Gasteiger partial charge >= 0.3 is 5.97 Å². The highest BCUT2D eigenvalue weighted by Gasteiger charge is 2.45. The van der Waals surface area contributed by atoms with Gasteiger partial charge in [0.25, 0.3) is 0 Å². The molecule has 4 nitrogen and oxygen atoms in total. The zero-order valence-electron chi connectivity index (χ0n) is 16.4. The average Bonchev–Trinajstić information content (AvgIpc) is 2.68. The van der Waals surface area contributed by atoms with Gasteiger partial charge in [-0.15, -0.1) is 0 Å². The molecule has 2 unspecified atom stereocenters. The first-order valence-electron chi connectivity index (χ1n) is 9.15. The molecule has 0 bridgehead atoms. The van der Waals surface area contributed by atoms with Crippen LogP contribution in [0.25, 0.3) is 0 Å². The first-order valence-corrected chi connectivity index (χ1v) is 9.95. The zero-order chi connectivity index (χ0) is 20.5. The Bertz CT molecular complexity index is 913. The zero-order valence-corrected chi connectivity index (χ0v) is 17.9. The summed E-state index contributed by atoms with van der Waals surface area (Å²) in [5.41, 5.74) is 1.23. The molecule has 0 amide bonds. The molecule has 2 atom stereocenters. The maximum atomic E-state index is 12.8. The van der Waals surface area contributed by atoms with E-state index in [0.717, 1.165) is 10.0 Å². The minimum absolute atomic E-state index is 0.140. The van der Waals surface area contributed by atoms with Gasteiger partial charge in [-0.2, -0.15) is 0 Å². The Kier molecular flexibility index (Phi) is 5.75. The number of hydrogen-bond acceptors (Lipinski definition) is 4. The number of benzene rings is 2. The fourth-order valence-electron chi connectivity index (χ4n) is 3.47. The predicted octanol–water partition coefficient (Wildman–Crippen LogP) is 5.64. The lowest BCUT2D eigenvalue weighted by atomic mass is 9.77. The minimum Gasteiger partial charge on any atom is -0.486 e. The standard InChI is InChI=1S/C23H23BrO4/c1-14-20(27-15(2)19(25)16-10-12-18(24)13-11-16)23(3,4)21(28-22(14)26)17-8-6-5-7-9-17/h5-13,15,21H,1-4H3. The Morgan fingerprint density at radius 2 is 1.71 bits per heavy atom. The summed E-state index contributed by atoms with van der Waals surface area (Å²) >= 11 is 3.37. The van der Waals surface area contributed by atoms with Crippen LogP contribution in [0.3, 0.4) is 0 Å². The van der Waals surface area contributed by atoms with E-state index in [9.17, 15) is 9.59 Å². The Morgan fingerprint density at radius 3 is 2.32 bits per heavy atom. The number of rotatable bonds is 5. The second kappa shape index (κ2) is 7.92. The third-order valence-electron chi connectivity index (χ3n) is 5.01. The van der Waals surface area contributed by atoms with Crippen LogP contribution in [0.15, 0.2) is 70.4 Å². The third-order valence-corrected chi connectivity index (χ3v) is 5.54. The van der Waals surface area contributed by atoms with Crippen LogP contribution in [-0.2, 0) is 14.3 Å². The maximum Gasteiger partial charge on any atom is 0.337 e. The molecule has 0 radical (unpaired) electrons. The van der Waals surface area contributed by atoms with Gasteiger partial charge in [0, 0.05) is 10.0 Å². The Morgan fingerprint density at radius 1 is 1.11 bits per heavy atom. The number of esters is 1. The lowest BCUT2D eigenvalue weighted by molar-refractivity contribution is -0.156. The largest absolute Gasteiger partial charge is 0.486 e. The van der Waals surface area contributed by atoms with Gasteiger partial charge in [-0.25, -0.2) is 4.79 Å². The number of hydrogen-bond donors (Lipinski definition) is 0. The smallest absolute Gasteiger partial charge is 0.337 e. The van der Waals surface area contributed by atoms with Gasteiger partial charge in [-0.3, -0.25) is 4.79 Å². The molecule has 146 valence electrons. The molecule has 0 N–H and O–H groups in total. The molecule has 5 heteroatoms. The molecule has 1 heterocycles. The van der Waals surface area contributed by atoms with Crippen molar-refractivity contribution in [1.82, 2.24) is 0 Å². The highest BCUT2D eigenvalue weighted by atomic mass is 79.9. The van der Waals surface area contributed by atoms with Crippen LogP contribution in [0.2, 0.25) is 0 Å². The van der Waals surface area contributed by atoms with Gasteiger partial charge in [0.05, 0.1) is 11.0 Å². The molecule has 0 aromatic heterocycles. The third kappa shape index (κ3) is 3.90. The fraction of sp³-hybridized carbons (Fsp3) is 0.304. The summed E-state index contributed by atoms with van der Waals surface area (Å²) in [7, 11) is 0. The second-order valence-electron chi connectivity index (χ2n) is 7.50. The van der Waals surface area contributed by atoms with Crippen molar-refractivity contribution in [2.24, 2.45) is 5.41 Å². The van der Waals surface area contributed by atoms with Gasteiger partial charge in [-0.1, -0.05) is 58.4 Å². The Hall–Kier alpha value is -2.40. The predicted molar refractivity (Wildman–Crippen MR) is 111 cm³/mol. The van der Waals surface area contributed by atoms with Crippen LogP contribution in [0.4, 0.5) is 0 Å². The molecule has 0 fully saturated rings. The number of halogens is 1. The van der Waals surface area contributed by atoms with Crippen LogP contribution in [0.5, 0.6) is 0 Å². The second-order valence-corrected chi connectivity index (χ2v) is 8.42. The molecule has 2 aromatic rings. The van der Waals surface area contributed by atoms with E-state index in [2.05, 4.69) is 15.9 Å². The van der Waals surface area contributed by atoms with Gasteiger partial charge in [-0.05, 0) is 45.4 Å². The van der Waals surface area contributed by atoms with Gasteiger partial charge in [0.1, 0.15) is 11.9 Å². The number of carbonyl (C=O) groups is 2. The quantitative estimate of drug-likeness (QED) is 0.444. The number of ketones is 1. The van der Waals surface area contributed by atoms with Crippen molar-refractivity contribution in [1.29, 1.82) is 0 Å². The summed E-state index contributed by atoms with van der Waals surface area (Å²) in [6.07, 6.45) is -1.22.